The zero-order valence-corrected chi connectivity index (χ0v) is 14.4. The summed E-state index contributed by atoms with van der Waals surface area (Å²) >= 11 is 0. The molecule has 2 unspecified atom stereocenters. The Balaban J connectivity index is 1.67. The van der Waals surface area contributed by atoms with Gasteiger partial charge in [-0.1, -0.05) is 24.6 Å². The summed E-state index contributed by atoms with van der Waals surface area (Å²) in [7, 11) is -4.50. The van der Waals surface area contributed by atoms with E-state index in [0.717, 1.165) is 37.7 Å². The van der Waals surface area contributed by atoms with Gasteiger partial charge in [0.05, 0.1) is 6.10 Å². The van der Waals surface area contributed by atoms with E-state index in [1.165, 1.54) is 11.1 Å². The van der Waals surface area contributed by atoms with Gasteiger partial charge in [-0.05, 0) is 61.3 Å². The summed E-state index contributed by atoms with van der Waals surface area (Å²) in [5, 5.41) is 10.4. The van der Waals surface area contributed by atoms with Crippen LogP contribution in [0.3, 0.4) is 0 Å². The van der Waals surface area contributed by atoms with Gasteiger partial charge in [-0.3, -0.25) is 4.55 Å². The third-order valence-electron chi connectivity index (χ3n) is 6.31. The zero-order valence-electron chi connectivity index (χ0n) is 13.6. The highest BCUT2D eigenvalue weighted by molar-refractivity contribution is 7.81. The van der Waals surface area contributed by atoms with Gasteiger partial charge in [0.1, 0.15) is 5.75 Å². The first-order valence-corrected chi connectivity index (χ1v) is 9.82. The molecule has 3 aliphatic carbocycles. The van der Waals surface area contributed by atoms with Crippen LogP contribution in [0.1, 0.15) is 49.7 Å². The average molecular weight is 350 g/mol. The zero-order chi connectivity index (χ0) is 17.1. The topological polar surface area (TPSA) is 83.8 Å². The van der Waals surface area contributed by atoms with Crippen LogP contribution in [0.2, 0.25) is 0 Å². The minimum Gasteiger partial charge on any atom is -0.393 e. The lowest BCUT2D eigenvalue weighted by atomic mass is 9.59. The molecule has 0 amide bonds. The molecule has 0 heterocycles. The molecule has 3 aliphatic rings. The molecule has 2 saturated carbocycles. The number of aliphatic hydroxyl groups excluding tert-OH is 1. The van der Waals surface area contributed by atoms with Gasteiger partial charge in [-0.15, -0.1) is 0 Å². The molecule has 0 spiro atoms. The van der Waals surface area contributed by atoms with Crippen LogP contribution >= 0.6 is 0 Å². The Bertz CT molecular complexity index is 813. The van der Waals surface area contributed by atoms with Gasteiger partial charge in [0, 0.05) is 11.3 Å². The molecular formula is C18H22O5S. The Labute approximate surface area is 142 Å². The highest BCUT2D eigenvalue weighted by Gasteiger charge is 2.51. The second-order valence-electron chi connectivity index (χ2n) is 7.52. The van der Waals surface area contributed by atoms with E-state index in [-0.39, 0.29) is 17.3 Å². The Morgan fingerprint density at radius 1 is 1.25 bits per heavy atom. The molecule has 0 saturated heterocycles. The van der Waals surface area contributed by atoms with Crippen molar-refractivity contribution in [2.24, 2.45) is 11.3 Å². The van der Waals surface area contributed by atoms with Crippen molar-refractivity contribution < 1.29 is 22.3 Å². The van der Waals surface area contributed by atoms with Crippen LogP contribution in [-0.2, 0) is 16.8 Å². The minimum absolute atomic E-state index is 0.00610. The first-order valence-electron chi connectivity index (χ1n) is 8.46. The van der Waals surface area contributed by atoms with Gasteiger partial charge in [0.25, 0.3) is 0 Å². The standard InChI is InChI=1S/C18H22O5S/c1-18-9-8-14-13-5-3-12(23-24(20,21)22)10-11(13)2-4-15(14)16(18)6-7-17(18)19/h3-5,10,14,16-17,19H,2,6-9H2,1H3,(H,20,21,22)/t14?,16?,17-,18-/m0/s1. The van der Waals surface area contributed by atoms with Crippen molar-refractivity contribution in [2.75, 3.05) is 0 Å². The molecule has 4 atom stereocenters. The van der Waals surface area contributed by atoms with Crippen LogP contribution in [0.25, 0.3) is 0 Å². The summed E-state index contributed by atoms with van der Waals surface area (Å²) in [4.78, 5) is 0. The molecule has 6 heteroatoms. The van der Waals surface area contributed by atoms with Crippen LogP contribution < -0.4 is 4.18 Å². The number of hydrogen-bond acceptors (Lipinski definition) is 4. The van der Waals surface area contributed by atoms with Crippen molar-refractivity contribution in [3.63, 3.8) is 0 Å². The third kappa shape index (κ3) is 2.48. The van der Waals surface area contributed by atoms with Crippen molar-refractivity contribution in [3.05, 3.63) is 41.0 Å². The van der Waals surface area contributed by atoms with Crippen molar-refractivity contribution >= 4 is 10.4 Å². The monoisotopic (exact) mass is 350 g/mol. The average Bonchev–Trinajstić information content (AvgIpc) is 2.81. The number of benzene rings is 1. The van der Waals surface area contributed by atoms with Gasteiger partial charge in [0.15, 0.2) is 0 Å². The summed E-state index contributed by atoms with van der Waals surface area (Å²) in [5.74, 6) is 0.926. The van der Waals surface area contributed by atoms with E-state index in [2.05, 4.69) is 17.2 Å². The first kappa shape index (κ1) is 16.1. The second-order valence-corrected chi connectivity index (χ2v) is 8.54. The lowest BCUT2D eigenvalue weighted by Gasteiger charge is -2.46. The van der Waals surface area contributed by atoms with E-state index in [4.69, 9.17) is 4.55 Å². The van der Waals surface area contributed by atoms with Crippen LogP contribution in [0.5, 0.6) is 5.75 Å². The summed E-state index contributed by atoms with van der Waals surface area (Å²) in [6.07, 6.45) is 6.69. The summed E-state index contributed by atoms with van der Waals surface area (Å²) in [6.45, 7) is 2.21. The van der Waals surface area contributed by atoms with Crippen molar-refractivity contribution in [2.45, 2.75) is 51.0 Å². The Morgan fingerprint density at radius 3 is 2.79 bits per heavy atom. The van der Waals surface area contributed by atoms with Gasteiger partial charge < -0.3 is 9.29 Å². The molecule has 1 aromatic rings. The highest BCUT2D eigenvalue weighted by atomic mass is 32.3. The molecule has 4 rings (SSSR count). The maximum absolute atomic E-state index is 10.9. The fourth-order valence-corrected chi connectivity index (χ4v) is 5.44. The van der Waals surface area contributed by atoms with Gasteiger partial charge in [0.2, 0.25) is 0 Å². The number of fused-ring (bicyclic) bond motifs is 5. The van der Waals surface area contributed by atoms with Crippen LogP contribution in [0, 0.1) is 11.3 Å². The van der Waals surface area contributed by atoms with E-state index in [9.17, 15) is 13.5 Å². The predicted molar refractivity (Wildman–Crippen MR) is 89.2 cm³/mol. The van der Waals surface area contributed by atoms with Crippen LogP contribution in [-0.4, -0.2) is 24.2 Å². The lowest BCUT2D eigenvalue weighted by molar-refractivity contribution is 0.0267. The summed E-state index contributed by atoms with van der Waals surface area (Å²) in [6, 6.07) is 5.22. The molecule has 2 N–H and O–H groups in total. The molecule has 24 heavy (non-hydrogen) atoms. The largest absolute Gasteiger partial charge is 0.446 e. The van der Waals surface area contributed by atoms with E-state index in [1.807, 2.05) is 6.07 Å². The Morgan fingerprint density at radius 2 is 2.04 bits per heavy atom. The van der Waals surface area contributed by atoms with Gasteiger partial charge >= 0.3 is 10.4 Å². The molecule has 2 fully saturated rings. The van der Waals surface area contributed by atoms with Crippen LogP contribution in [0.15, 0.2) is 29.8 Å². The quantitative estimate of drug-likeness (QED) is 0.633. The lowest BCUT2D eigenvalue weighted by Crippen LogP contribution is -2.39. The van der Waals surface area contributed by atoms with Crippen molar-refractivity contribution in [3.8, 4) is 5.75 Å². The maximum atomic E-state index is 10.9. The summed E-state index contributed by atoms with van der Waals surface area (Å²) in [5.41, 5.74) is 3.70. The van der Waals surface area contributed by atoms with E-state index in [1.54, 1.807) is 12.1 Å². The van der Waals surface area contributed by atoms with Gasteiger partial charge in [-0.25, -0.2) is 0 Å². The fraction of sp³-hybridized carbons (Fsp3) is 0.556. The smallest absolute Gasteiger partial charge is 0.393 e. The molecule has 0 radical (unpaired) electrons. The number of hydrogen-bond donors (Lipinski definition) is 2. The molecule has 1 aromatic carbocycles. The van der Waals surface area contributed by atoms with Crippen LogP contribution in [0.4, 0.5) is 0 Å². The van der Waals surface area contributed by atoms with E-state index < -0.39 is 10.4 Å². The Hall–Kier alpha value is -1.37. The van der Waals surface area contributed by atoms with Gasteiger partial charge in [-0.2, -0.15) is 8.42 Å². The Kier molecular flexibility index (Phi) is 3.57. The van der Waals surface area contributed by atoms with Crippen molar-refractivity contribution in [1.29, 1.82) is 0 Å². The van der Waals surface area contributed by atoms with E-state index in [0.29, 0.717) is 11.8 Å². The third-order valence-corrected chi connectivity index (χ3v) is 6.71. The number of allylic oxidation sites excluding steroid dienone is 2. The predicted octanol–water partition coefficient (Wildman–Crippen LogP) is 3.01. The minimum atomic E-state index is -4.50. The molecule has 5 nitrogen and oxygen atoms in total. The normalized spacial score (nSPS) is 34.8. The SMILES string of the molecule is C[C@]12CCC3C(=CCc4cc(OS(=O)(=O)O)ccc43)C1CC[C@@H]2O. The molecular weight excluding hydrogens is 328 g/mol. The molecule has 0 aromatic heterocycles. The fourth-order valence-electron chi connectivity index (χ4n) is 5.09. The summed E-state index contributed by atoms with van der Waals surface area (Å²) < 4.78 is 35.2. The highest BCUT2D eigenvalue weighted by Crippen LogP contribution is 2.59. The molecule has 0 aliphatic heterocycles. The second kappa shape index (κ2) is 5.31. The maximum Gasteiger partial charge on any atom is 0.446 e. The molecule has 0 bridgehead atoms. The first-order chi connectivity index (χ1) is 11.3. The van der Waals surface area contributed by atoms with E-state index >= 15 is 0 Å². The number of aliphatic hydroxyl groups is 1. The molecule has 130 valence electrons. The van der Waals surface area contributed by atoms with Crippen molar-refractivity contribution in [1.82, 2.24) is 0 Å². The number of rotatable bonds is 2.